The SMILES string of the molecule is CN=C(NCCc1cccc(F)c1)NCC(=O)NC1CCCCC1.I. The molecule has 0 heterocycles. The third-order valence-electron chi connectivity index (χ3n) is 4.21. The van der Waals surface area contributed by atoms with Crippen LogP contribution in [0.5, 0.6) is 0 Å². The van der Waals surface area contributed by atoms with Gasteiger partial charge in [-0.3, -0.25) is 9.79 Å². The molecule has 5 nitrogen and oxygen atoms in total. The van der Waals surface area contributed by atoms with Crippen LogP contribution in [0.3, 0.4) is 0 Å². The van der Waals surface area contributed by atoms with Crippen LogP contribution in [0.4, 0.5) is 4.39 Å². The molecule has 1 saturated carbocycles. The Hall–Kier alpha value is -1.38. The smallest absolute Gasteiger partial charge is 0.239 e. The summed E-state index contributed by atoms with van der Waals surface area (Å²) in [5.74, 6) is 0.342. The summed E-state index contributed by atoms with van der Waals surface area (Å²) >= 11 is 0. The quantitative estimate of drug-likeness (QED) is 0.346. The molecular formula is C18H28FIN4O. The highest BCUT2D eigenvalue weighted by molar-refractivity contribution is 14.0. The topological polar surface area (TPSA) is 65.5 Å². The number of amides is 1. The van der Waals surface area contributed by atoms with Gasteiger partial charge >= 0.3 is 0 Å². The molecule has 1 amide bonds. The van der Waals surface area contributed by atoms with Crippen LogP contribution in [0.25, 0.3) is 0 Å². The number of halogens is 2. The fourth-order valence-electron chi connectivity index (χ4n) is 2.93. The van der Waals surface area contributed by atoms with Crippen molar-refractivity contribution in [2.75, 3.05) is 20.1 Å². The van der Waals surface area contributed by atoms with E-state index in [1.54, 1.807) is 13.1 Å². The maximum atomic E-state index is 13.1. The Balaban J connectivity index is 0.00000312. The summed E-state index contributed by atoms with van der Waals surface area (Å²) in [5.41, 5.74) is 0.924. The first kappa shape index (κ1) is 21.7. The molecule has 3 N–H and O–H groups in total. The van der Waals surface area contributed by atoms with Crippen molar-refractivity contribution in [3.63, 3.8) is 0 Å². The number of hydrogen-bond acceptors (Lipinski definition) is 2. The normalized spacial score (nSPS) is 15.2. The van der Waals surface area contributed by atoms with Gasteiger partial charge in [0.1, 0.15) is 5.82 Å². The van der Waals surface area contributed by atoms with Gasteiger partial charge in [0, 0.05) is 19.6 Å². The fraction of sp³-hybridized carbons (Fsp3) is 0.556. The number of rotatable bonds is 6. The van der Waals surface area contributed by atoms with E-state index in [9.17, 15) is 9.18 Å². The lowest BCUT2D eigenvalue weighted by molar-refractivity contribution is -0.120. The average Bonchev–Trinajstić information content (AvgIpc) is 2.59. The molecule has 140 valence electrons. The van der Waals surface area contributed by atoms with Crippen molar-refractivity contribution in [3.8, 4) is 0 Å². The Bertz CT molecular complexity index is 562. The van der Waals surface area contributed by atoms with Crippen LogP contribution < -0.4 is 16.0 Å². The van der Waals surface area contributed by atoms with Crippen LogP contribution >= 0.6 is 24.0 Å². The molecule has 0 atom stereocenters. The van der Waals surface area contributed by atoms with E-state index in [0.29, 0.717) is 25.0 Å². The molecule has 1 aromatic carbocycles. The molecule has 0 unspecified atom stereocenters. The van der Waals surface area contributed by atoms with Crippen LogP contribution in [-0.4, -0.2) is 38.0 Å². The number of guanidine groups is 1. The van der Waals surface area contributed by atoms with Crippen molar-refractivity contribution < 1.29 is 9.18 Å². The summed E-state index contributed by atoms with van der Waals surface area (Å²) in [7, 11) is 1.66. The first-order valence-corrected chi connectivity index (χ1v) is 8.65. The standard InChI is InChI=1S/C18H27FN4O.HI/c1-20-18(21-11-10-14-6-5-7-15(19)12-14)22-13-17(24)23-16-8-3-2-4-9-16;/h5-7,12,16H,2-4,8-11,13H2,1H3,(H,23,24)(H2,20,21,22);1H. The molecule has 0 aliphatic heterocycles. The second kappa shape index (κ2) is 12.1. The highest BCUT2D eigenvalue weighted by atomic mass is 127. The van der Waals surface area contributed by atoms with E-state index in [-0.39, 0.29) is 42.2 Å². The molecule has 0 radical (unpaired) electrons. The van der Waals surface area contributed by atoms with Gasteiger partial charge in [0.05, 0.1) is 6.54 Å². The Morgan fingerprint density at radius 1 is 1.24 bits per heavy atom. The third kappa shape index (κ3) is 8.51. The zero-order chi connectivity index (χ0) is 17.2. The number of nitrogens with zero attached hydrogens (tertiary/aromatic N) is 1. The highest BCUT2D eigenvalue weighted by Crippen LogP contribution is 2.17. The van der Waals surface area contributed by atoms with E-state index in [1.165, 1.54) is 31.4 Å². The summed E-state index contributed by atoms with van der Waals surface area (Å²) in [6.45, 7) is 0.823. The molecule has 1 aliphatic carbocycles. The van der Waals surface area contributed by atoms with Gasteiger partial charge in [-0.1, -0.05) is 31.4 Å². The van der Waals surface area contributed by atoms with Gasteiger partial charge in [-0.15, -0.1) is 24.0 Å². The van der Waals surface area contributed by atoms with Gasteiger partial charge in [-0.25, -0.2) is 4.39 Å². The molecule has 25 heavy (non-hydrogen) atoms. The maximum absolute atomic E-state index is 13.1. The monoisotopic (exact) mass is 462 g/mol. The van der Waals surface area contributed by atoms with E-state index >= 15 is 0 Å². The van der Waals surface area contributed by atoms with Gasteiger partial charge < -0.3 is 16.0 Å². The molecule has 0 aromatic heterocycles. The molecule has 2 rings (SSSR count). The number of carbonyl (C=O) groups is 1. The number of nitrogens with one attached hydrogen (secondary N) is 3. The van der Waals surface area contributed by atoms with Crippen molar-refractivity contribution in [1.82, 2.24) is 16.0 Å². The minimum Gasteiger partial charge on any atom is -0.356 e. The van der Waals surface area contributed by atoms with Gasteiger partial charge in [-0.05, 0) is 37.0 Å². The third-order valence-corrected chi connectivity index (χ3v) is 4.21. The molecule has 1 aliphatic rings. The van der Waals surface area contributed by atoms with Crippen molar-refractivity contribution in [2.45, 2.75) is 44.6 Å². The molecule has 0 spiro atoms. The van der Waals surface area contributed by atoms with E-state index in [0.717, 1.165) is 18.4 Å². The second-order valence-corrected chi connectivity index (χ2v) is 6.13. The lowest BCUT2D eigenvalue weighted by Crippen LogP contribution is -2.46. The van der Waals surface area contributed by atoms with Crippen molar-refractivity contribution in [2.24, 2.45) is 4.99 Å². The second-order valence-electron chi connectivity index (χ2n) is 6.13. The molecule has 1 aromatic rings. The van der Waals surface area contributed by atoms with Crippen LogP contribution in [0.1, 0.15) is 37.7 Å². The van der Waals surface area contributed by atoms with Crippen LogP contribution in [0, 0.1) is 5.82 Å². The van der Waals surface area contributed by atoms with Crippen molar-refractivity contribution in [3.05, 3.63) is 35.6 Å². The minimum absolute atomic E-state index is 0. The van der Waals surface area contributed by atoms with Crippen molar-refractivity contribution >= 4 is 35.8 Å². The highest BCUT2D eigenvalue weighted by Gasteiger charge is 2.15. The Morgan fingerprint density at radius 2 is 2.00 bits per heavy atom. The zero-order valence-electron chi connectivity index (χ0n) is 14.7. The van der Waals surface area contributed by atoms with Crippen LogP contribution in [0.2, 0.25) is 0 Å². The zero-order valence-corrected chi connectivity index (χ0v) is 17.0. The Kier molecular flexibility index (Phi) is 10.4. The lowest BCUT2D eigenvalue weighted by Gasteiger charge is -2.23. The fourth-order valence-corrected chi connectivity index (χ4v) is 2.93. The number of hydrogen-bond donors (Lipinski definition) is 3. The maximum Gasteiger partial charge on any atom is 0.239 e. The van der Waals surface area contributed by atoms with Gasteiger partial charge in [0.2, 0.25) is 5.91 Å². The summed E-state index contributed by atoms with van der Waals surface area (Å²) in [6, 6.07) is 6.86. The van der Waals surface area contributed by atoms with Gasteiger partial charge in [0.25, 0.3) is 0 Å². The van der Waals surface area contributed by atoms with Gasteiger partial charge in [-0.2, -0.15) is 0 Å². The summed E-state index contributed by atoms with van der Waals surface area (Å²) in [4.78, 5) is 16.1. The number of benzene rings is 1. The predicted molar refractivity (Wildman–Crippen MR) is 110 cm³/mol. The van der Waals surface area contributed by atoms with E-state index in [2.05, 4.69) is 20.9 Å². The van der Waals surface area contributed by atoms with E-state index < -0.39 is 0 Å². The number of carbonyl (C=O) groups excluding carboxylic acids is 1. The molecule has 7 heteroatoms. The Morgan fingerprint density at radius 3 is 2.68 bits per heavy atom. The molecule has 1 fully saturated rings. The summed E-state index contributed by atoms with van der Waals surface area (Å²) < 4.78 is 13.1. The lowest BCUT2D eigenvalue weighted by atomic mass is 9.95. The largest absolute Gasteiger partial charge is 0.356 e. The Labute approximate surface area is 166 Å². The van der Waals surface area contributed by atoms with Crippen LogP contribution in [-0.2, 0) is 11.2 Å². The first-order valence-electron chi connectivity index (χ1n) is 8.65. The van der Waals surface area contributed by atoms with Gasteiger partial charge in [0.15, 0.2) is 5.96 Å². The summed E-state index contributed by atoms with van der Waals surface area (Å²) in [6.07, 6.45) is 6.50. The molecule has 0 bridgehead atoms. The average molecular weight is 462 g/mol. The summed E-state index contributed by atoms with van der Waals surface area (Å²) in [5, 5.41) is 9.20. The van der Waals surface area contributed by atoms with Crippen LogP contribution in [0.15, 0.2) is 29.3 Å². The molecule has 0 saturated heterocycles. The molecular weight excluding hydrogens is 434 g/mol. The van der Waals surface area contributed by atoms with Crippen molar-refractivity contribution in [1.29, 1.82) is 0 Å². The first-order chi connectivity index (χ1) is 11.7. The number of aliphatic imine (C=N–C) groups is 1. The predicted octanol–water partition coefficient (Wildman–Crippen LogP) is 2.60. The van der Waals surface area contributed by atoms with E-state index in [1.807, 2.05) is 6.07 Å². The minimum atomic E-state index is -0.227. The van der Waals surface area contributed by atoms with E-state index in [4.69, 9.17) is 0 Å².